The van der Waals surface area contributed by atoms with Gasteiger partial charge in [-0.25, -0.2) is 8.42 Å². The van der Waals surface area contributed by atoms with Crippen molar-refractivity contribution < 1.29 is 13.2 Å². The maximum atomic E-state index is 11.4. The van der Waals surface area contributed by atoms with Crippen LogP contribution in [-0.4, -0.2) is 32.9 Å². The van der Waals surface area contributed by atoms with Crippen LogP contribution in [0, 0.1) is 11.8 Å². The van der Waals surface area contributed by atoms with Gasteiger partial charge in [-0.3, -0.25) is 4.79 Å². The monoisotopic (exact) mass is 266 g/mol. The van der Waals surface area contributed by atoms with Crippen molar-refractivity contribution in [2.24, 2.45) is 5.73 Å². The molecule has 0 unspecified atom stereocenters. The first-order chi connectivity index (χ1) is 8.40. The molecule has 0 radical (unpaired) electrons. The number of hydrogen-bond acceptors (Lipinski definition) is 4. The van der Waals surface area contributed by atoms with Crippen molar-refractivity contribution in [3.05, 3.63) is 29.8 Å². The summed E-state index contributed by atoms with van der Waals surface area (Å²) in [6, 6.07) is 6.75. The minimum Gasteiger partial charge on any atom is -0.325 e. The van der Waals surface area contributed by atoms with Gasteiger partial charge in [0.25, 0.3) is 0 Å². The zero-order valence-electron chi connectivity index (χ0n) is 9.93. The van der Waals surface area contributed by atoms with Crippen molar-refractivity contribution in [2.75, 3.05) is 23.9 Å². The van der Waals surface area contributed by atoms with E-state index in [2.05, 4.69) is 17.2 Å². The lowest BCUT2D eigenvalue weighted by atomic mass is 10.2. The van der Waals surface area contributed by atoms with Gasteiger partial charge in [0.1, 0.15) is 5.75 Å². The lowest BCUT2D eigenvalue weighted by Crippen LogP contribution is -2.21. The average molecular weight is 266 g/mol. The molecular formula is C12H14N2O3S. The van der Waals surface area contributed by atoms with Gasteiger partial charge in [0.15, 0.2) is 9.84 Å². The molecule has 0 fully saturated rings. The van der Waals surface area contributed by atoms with Crippen molar-refractivity contribution in [3.8, 4) is 11.8 Å². The van der Waals surface area contributed by atoms with E-state index in [9.17, 15) is 13.2 Å². The number of nitrogens with two attached hydrogens (primary N) is 1. The molecule has 0 heterocycles. The Bertz CT molecular complexity index is 580. The van der Waals surface area contributed by atoms with E-state index in [0.29, 0.717) is 5.69 Å². The van der Waals surface area contributed by atoms with Crippen LogP contribution >= 0.6 is 0 Å². The normalized spacial score (nSPS) is 10.3. The number of carbonyl (C=O) groups is 1. The molecule has 1 rings (SSSR count). The second-order valence-corrected chi connectivity index (χ2v) is 5.84. The first kappa shape index (κ1) is 14.2. The predicted molar refractivity (Wildman–Crippen MR) is 70.7 cm³/mol. The third-order valence-corrected chi connectivity index (χ3v) is 2.68. The second-order valence-electron chi connectivity index (χ2n) is 3.70. The van der Waals surface area contributed by atoms with E-state index in [1.807, 2.05) is 0 Å². The number of anilines is 1. The predicted octanol–water partition coefficient (Wildman–Crippen LogP) is -0.0201. The van der Waals surface area contributed by atoms with Gasteiger partial charge in [-0.05, 0) is 24.3 Å². The molecule has 0 aliphatic carbocycles. The lowest BCUT2D eigenvalue weighted by Gasteiger charge is -2.04. The van der Waals surface area contributed by atoms with Crippen LogP contribution in [0.5, 0.6) is 0 Å². The van der Waals surface area contributed by atoms with Crippen LogP contribution in [0.15, 0.2) is 24.3 Å². The van der Waals surface area contributed by atoms with E-state index in [1.54, 1.807) is 24.3 Å². The first-order valence-corrected chi connectivity index (χ1v) is 7.23. The Kier molecular flexibility index (Phi) is 4.89. The largest absolute Gasteiger partial charge is 0.325 e. The lowest BCUT2D eigenvalue weighted by molar-refractivity contribution is -0.113. The Morgan fingerprint density at radius 2 is 1.94 bits per heavy atom. The van der Waals surface area contributed by atoms with E-state index in [4.69, 9.17) is 5.73 Å². The van der Waals surface area contributed by atoms with E-state index in [1.165, 1.54) is 0 Å². The fraction of sp³-hybridized carbons (Fsp3) is 0.250. The number of sulfone groups is 1. The Labute approximate surface area is 106 Å². The Hall–Kier alpha value is -1.84. The highest BCUT2D eigenvalue weighted by Gasteiger charge is 2.10. The molecule has 0 aliphatic heterocycles. The van der Waals surface area contributed by atoms with Crippen LogP contribution in [0.3, 0.4) is 0 Å². The molecule has 0 atom stereocenters. The maximum Gasteiger partial charge on any atom is 0.239 e. The molecule has 0 bridgehead atoms. The number of benzene rings is 1. The number of carbonyl (C=O) groups excluding carboxylic acids is 1. The van der Waals surface area contributed by atoms with Gasteiger partial charge in [-0.15, -0.1) is 0 Å². The minimum absolute atomic E-state index is 0.285. The third-order valence-electron chi connectivity index (χ3n) is 1.90. The zero-order valence-corrected chi connectivity index (χ0v) is 10.8. The van der Waals surface area contributed by atoms with Crippen LogP contribution in [0.25, 0.3) is 0 Å². The number of hydrogen-bond donors (Lipinski definition) is 2. The highest BCUT2D eigenvalue weighted by Crippen LogP contribution is 2.08. The maximum absolute atomic E-state index is 11.4. The molecule has 6 heteroatoms. The first-order valence-electron chi connectivity index (χ1n) is 5.17. The molecule has 0 saturated carbocycles. The summed E-state index contributed by atoms with van der Waals surface area (Å²) in [6.45, 7) is 0.285. The number of nitrogens with one attached hydrogen (secondary N) is 1. The molecule has 0 aliphatic rings. The summed E-state index contributed by atoms with van der Waals surface area (Å²) in [5.74, 6) is 4.46. The number of rotatable bonds is 3. The van der Waals surface area contributed by atoms with Crippen molar-refractivity contribution in [2.45, 2.75) is 0 Å². The zero-order chi connectivity index (χ0) is 13.6. The fourth-order valence-electron chi connectivity index (χ4n) is 1.23. The highest BCUT2D eigenvalue weighted by atomic mass is 32.2. The van der Waals surface area contributed by atoms with E-state index in [-0.39, 0.29) is 6.54 Å². The van der Waals surface area contributed by atoms with Gasteiger partial charge in [0.05, 0.1) is 6.54 Å². The van der Waals surface area contributed by atoms with Gasteiger partial charge in [-0.2, -0.15) is 0 Å². The van der Waals surface area contributed by atoms with Gasteiger partial charge in [0.2, 0.25) is 5.91 Å². The van der Waals surface area contributed by atoms with Crippen molar-refractivity contribution in [1.29, 1.82) is 0 Å². The average Bonchev–Trinajstić information content (AvgIpc) is 2.25. The van der Waals surface area contributed by atoms with E-state index >= 15 is 0 Å². The molecule has 18 heavy (non-hydrogen) atoms. The SMILES string of the molecule is CS(=O)(=O)CC(=O)Nc1ccc(C#CCN)cc1. The Balaban J connectivity index is 2.67. The van der Waals surface area contributed by atoms with Crippen molar-refractivity contribution >= 4 is 21.4 Å². The molecule has 5 nitrogen and oxygen atoms in total. The summed E-state index contributed by atoms with van der Waals surface area (Å²) in [5.41, 5.74) is 6.55. The molecule has 1 aromatic carbocycles. The molecule has 0 aromatic heterocycles. The summed E-state index contributed by atoms with van der Waals surface area (Å²) in [7, 11) is -3.31. The van der Waals surface area contributed by atoms with Crippen LogP contribution in [0.4, 0.5) is 5.69 Å². The molecule has 0 spiro atoms. The Morgan fingerprint density at radius 1 is 1.33 bits per heavy atom. The minimum atomic E-state index is -3.31. The third kappa shape index (κ3) is 5.48. The summed E-state index contributed by atoms with van der Waals surface area (Å²) in [4.78, 5) is 11.4. The van der Waals surface area contributed by atoms with E-state index in [0.717, 1.165) is 11.8 Å². The van der Waals surface area contributed by atoms with E-state index < -0.39 is 21.5 Å². The van der Waals surface area contributed by atoms with Crippen LogP contribution in [0.1, 0.15) is 5.56 Å². The van der Waals surface area contributed by atoms with Crippen LogP contribution < -0.4 is 11.1 Å². The summed E-state index contributed by atoms with van der Waals surface area (Å²) >= 11 is 0. The van der Waals surface area contributed by atoms with Crippen LogP contribution in [0.2, 0.25) is 0 Å². The van der Waals surface area contributed by atoms with Gasteiger partial charge in [0, 0.05) is 17.5 Å². The topological polar surface area (TPSA) is 89.3 Å². The summed E-state index contributed by atoms with van der Waals surface area (Å²) < 4.78 is 21.8. The van der Waals surface area contributed by atoms with Gasteiger partial charge in [-0.1, -0.05) is 11.8 Å². The molecule has 1 aromatic rings. The summed E-state index contributed by atoms with van der Waals surface area (Å²) in [6.07, 6.45) is 1.01. The standard InChI is InChI=1S/C12H14N2O3S/c1-18(16,17)9-12(15)14-11-6-4-10(5-7-11)3-2-8-13/h4-7H,8-9,13H2,1H3,(H,14,15). The van der Waals surface area contributed by atoms with Gasteiger partial charge < -0.3 is 11.1 Å². The molecule has 1 amide bonds. The number of amides is 1. The fourth-order valence-corrected chi connectivity index (χ4v) is 1.77. The van der Waals surface area contributed by atoms with Crippen molar-refractivity contribution in [3.63, 3.8) is 0 Å². The van der Waals surface area contributed by atoms with Gasteiger partial charge >= 0.3 is 0 Å². The molecule has 0 saturated heterocycles. The molecule has 96 valence electrons. The van der Waals surface area contributed by atoms with Crippen LogP contribution in [-0.2, 0) is 14.6 Å². The second kappa shape index (κ2) is 6.19. The summed E-state index contributed by atoms with van der Waals surface area (Å²) in [5, 5.41) is 2.49. The van der Waals surface area contributed by atoms with Crippen molar-refractivity contribution in [1.82, 2.24) is 0 Å². The highest BCUT2D eigenvalue weighted by molar-refractivity contribution is 7.91. The Morgan fingerprint density at radius 3 is 2.44 bits per heavy atom. The molecular weight excluding hydrogens is 252 g/mol. The quantitative estimate of drug-likeness (QED) is 0.752. The molecule has 3 N–H and O–H groups in total. The smallest absolute Gasteiger partial charge is 0.239 e.